The van der Waals surface area contributed by atoms with E-state index < -0.39 is 40.5 Å². The molecule has 9 heteroatoms. The summed E-state index contributed by atoms with van der Waals surface area (Å²) < 4.78 is 6.42. The van der Waals surface area contributed by atoms with Crippen molar-refractivity contribution in [2.75, 3.05) is 0 Å². The van der Waals surface area contributed by atoms with Gasteiger partial charge in [-0.25, -0.2) is 9.36 Å². The van der Waals surface area contributed by atoms with Crippen molar-refractivity contribution >= 4 is 11.7 Å². The smallest absolute Gasteiger partial charge is 0.350 e. The number of rotatable bonds is 6. The zero-order valence-corrected chi connectivity index (χ0v) is 12.1. The van der Waals surface area contributed by atoms with Crippen LogP contribution in [0.4, 0.5) is 5.69 Å². The summed E-state index contributed by atoms with van der Waals surface area (Å²) in [5.74, 6) is -0.798. The number of hydrogen-bond acceptors (Lipinski definition) is 6. The molecule has 0 fully saturated rings. The first-order valence-electron chi connectivity index (χ1n) is 6.46. The molecular formula is C12H17N3O6. The van der Waals surface area contributed by atoms with Gasteiger partial charge in [-0.1, -0.05) is 6.92 Å². The van der Waals surface area contributed by atoms with Crippen LogP contribution in [0.1, 0.15) is 27.2 Å². The lowest BCUT2D eigenvalue weighted by Crippen LogP contribution is -2.42. The van der Waals surface area contributed by atoms with Gasteiger partial charge < -0.3 is 4.74 Å². The first-order valence-corrected chi connectivity index (χ1v) is 6.46. The van der Waals surface area contributed by atoms with Crippen LogP contribution in [0.25, 0.3) is 0 Å². The number of carbonyl (C=O) groups is 1. The Morgan fingerprint density at radius 3 is 2.52 bits per heavy atom. The molecule has 0 radical (unpaired) electrons. The Morgan fingerprint density at radius 2 is 2.05 bits per heavy atom. The number of hydrogen-bond donors (Lipinski definition) is 0. The molecule has 0 aromatic carbocycles. The van der Waals surface area contributed by atoms with Crippen molar-refractivity contribution in [3.05, 3.63) is 37.1 Å². The molecule has 0 aliphatic heterocycles. The van der Waals surface area contributed by atoms with Crippen molar-refractivity contribution in [3.8, 4) is 0 Å². The SMILES string of the molecule is CCCn1cc([N+](=O)[O-])c(=O)n(CC(=O)OC(C)C)c1=O. The normalized spacial score (nSPS) is 10.7. The Bertz CT molecular complexity index is 658. The van der Waals surface area contributed by atoms with Crippen molar-refractivity contribution in [2.45, 2.75) is 46.4 Å². The maximum atomic E-state index is 12.1. The van der Waals surface area contributed by atoms with Gasteiger partial charge in [0, 0.05) is 6.54 Å². The summed E-state index contributed by atoms with van der Waals surface area (Å²) in [6.07, 6.45) is 1.04. The predicted octanol–water partition coefficient (Wildman–Crippen LogP) is 0.280. The Morgan fingerprint density at radius 1 is 1.43 bits per heavy atom. The maximum Gasteiger partial charge on any atom is 0.350 e. The molecule has 0 aliphatic rings. The van der Waals surface area contributed by atoms with Crippen LogP contribution in [0.2, 0.25) is 0 Å². The number of esters is 1. The lowest BCUT2D eigenvalue weighted by Gasteiger charge is -2.11. The molecule has 0 unspecified atom stereocenters. The minimum atomic E-state index is -1.11. The van der Waals surface area contributed by atoms with Gasteiger partial charge in [0.2, 0.25) is 0 Å². The van der Waals surface area contributed by atoms with Gasteiger partial charge in [0.15, 0.2) is 0 Å². The van der Waals surface area contributed by atoms with Gasteiger partial charge in [0.05, 0.1) is 17.2 Å². The van der Waals surface area contributed by atoms with E-state index in [9.17, 15) is 24.5 Å². The highest BCUT2D eigenvalue weighted by atomic mass is 16.6. The fourth-order valence-electron chi connectivity index (χ4n) is 1.73. The molecular weight excluding hydrogens is 282 g/mol. The van der Waals surface area contributed by atoms with Crippen molar-refractivity contribution < 1.29 is 14.5 Å². The summed E-state index contributed by atoms with van der Waals surface area (Å²) in [5.41, 5.74) is -2.63. The molecule has 0 saturated carbocycles. The van der Waals surface area contributed by atoms with E-state index in [2.05, 4.69) is 0 Å². The second-order valence-electron chi connectivity index (χ2n) is 4.68. The van der Waals surface area contributed by atoms with Crippen LogP contribution in [0.15, 0.2) is 15.8 Å². The van der Waals surface area contributed by atoms with Gasteiger partial charge in [0.25, 0.3) is 0 Å². The average Bonchev–Trinajstić information content (AvgIpc) is 2.36. The number of aromatic nitrogens is 2. The van der Waals surface area contributed by atoms with Crippen LogP contribution in [0, 0.1) is 10.1 Å². The highest BCUT2D eigenvalue weighted by molar-refractivity contribution is 5.69. The third kappa shape index (κ3) is 4.01. The van der Waals surface area contributed by atoms with Crippen LogP contribution in [0.3, 0.4) is 0 Å². The Labute approximate surface area is 119 Å². The number of ether oxygens (including phenoxy) is 1. The molecule has 0 N–H and O–H groups in total. The molecule has 116 valence electrons. The third-order valence-electron chi connectivity index (χ3n) is 2.53. The second-order valence-corrected chi connectivity index (χ2v) is 4.68. The van der Waals surface area contributed by atoms with Crippen LogP contribution >= 0.6 is 0 Å². The number of nitro groups is 1. The Balaban J connectivity index is 3.35. The molecule has 0 bridgehead atoms. The summed E-state index contributed by atoms with van der Waals surface area (Å²) in [6.45, 7) is 4.56. The highest BCUT2D eigenvalue weighted by Gasteiger charge is 2.21. The molecule has 0 spiro atoms. The van der Waals surface area contributed by atoms with Gasteiger partial charge >= 0.3 is 22.9 Å². The van der Waals surface area contributed by atoms with Gasteiger partial charge in [-0.2, -0.15) is 0 Å². The summed E-state index contributed by atoms with van der Waals surface area (Å²) in [6, 6.07) is 0. The van der Waals surface area contributed by atoms with Gasteiger partial charge in [-0.05, 0) is 20.3 Å². The summed E-state index contributed by atoms with van der Waals surface area (Å²) >= 11 is 0. The fourth-order valence-corrected chi connectivity index (χ4v) is 1.73. The van der Waals surface area contributed by atoms with Crippen LogP contribution < -0.4 is 11.2 Å². The first kappa shape index (κ1) is 16.6. The summed E-state index contributed by atoms with van der Waals surface area (Å²) in [7, 11) is 0. The largest absolute Gasteiger partial charge is 0.462 e. The second kappa shape index (κ2) is 6.82. The molecule has 9 nitrogen and oxygen atoms in total. The van der Waals surface area contributed by atoms with Crippen molar-refractivity contribution in [2.24, 2.45) is 0 Å². The van der Waals surface area contributed by atoms with Crippen LogP contribution in [0.5, 0.6) is 0 Å². The zero-order chi connectivity index (χ0) is 16.2. The van der Waals surface area contributed by atoms with E-state index in [1.807, 2.05) is 0 Å². The maximum absolute atomic E-state index is 12.1. The van der Waals surface area contributed by atoms with Gasteiger partial charge in [-0.15, -0.1) is 0 Å². The Kier molecular flexibility index (Phi) is 5.39. The third-order valence-corrected chi connectivity index (χ3v) is 2.53. The molecule has 0 aliphatic carbocycles. The average molecular weight is 299 g/mol. The minimum Gasteiger partial charge on any atom is -0.462 e. The fraction of sp³-hybridized carbons (Fsp3) is 0.583. The molecule has 0 saturated heterocycles. The quantitative estimate of drug-likeness (QED) is 0.423. The van der Waals surface area contributed by atoms with E-state index in [1.165, 1.54) is 0 Å². The standard InChI is InChI=1S/C12H17N3O6/c1-4-5-13-6-9(15(19)20)11(17)14(12(13)18)7-10(16)21-8(2)3/h6,8H,4-5,7H2,1-3H3. The minimum absolute atomic E-state index is 0.208. The first-order chi connectivity index (χ1) is 9.77. The number of nitrogens with zero attached hydrogens (tertiary/aromatic N) is 3. The molecule has 1 aromatic heterocycles. The van der Waals surface area contributed by atoms with E-state index in [1.54, 1.807) is 20.8 Å². The zero-order valence-electron chi connectivity index (χ0n) is 12.1. The molecule has 1 rings (SSSR count). The van der Waals surface area contributed by atoms with E-state index in [-0.39, 0.29) is 6.54 Å². The number of aryl methyl sites for hydroxylation is 1. The van der Waals surface area contributed by atoms with E-state index in [4.69, 9.17) is 4.74 Å². The van der Waals surface area contributed by atoms with Crippen LogP contribution in [-0.4, -0.2) is 26.1 Å². The monoisotopic (exact) mass is 299 g/mol. The summed E-state index contributed by atoms with van der Waals surface area (Å²) in [4.78, 5) is 45.5. The number of carbonyl (C=O) groups excluding carboxylic acids is 1. The van der Waals surface area contributed by atoms with Crippen molar-refractivity contribution in [3.63, 3.8) is 0 Å². The molecule has 1 heterocycles. The van der Waals surface area contributed by atoms with Crippen molar-refractivity contribution in [1.82, 2.24) is 9.13 Å². The van der Waals surface area contributed by atoms with Gasteiger partial charge in [-0.3, -0.25) is 24.3 Å². The highest BCUT2D eigenvalue weighted by Crippen LogP contribution is 2.01. The predicted molar refractivity (Wildman–Crippen MR) is 73.1 cm³/mol. The topological polar surface area (TPSA) is 113 Å². The Hall–Kier alpha value is -2.45. The summed E-state index contributed by atoms with van der Waals surface area (Å²) in [5, 5.41) is 10.9. The lowest BCUT2D eigenvalue weighted by atomic mass is 10.4. The molecule has 0 atom stereocenters. The van der Waals surface area contributed by atoms with Crippen LogP contribution in [-0.2, 0) is 22.6 Å². The van der Waals surface area contributed by atoms with E-state index in [0.29, 0.717) is 11.0 Å². The lowest BCUT2D eigenvalue weighted by molar-refractivity contribution is -0.387. The van der Waals surface area contributed by atoms with E-state index >= 15 is 0 Å². The molecule has 21 heavy (non-hydrogen) atoms. The van der Waals surface area contributed by atoms with Crippen molar-refractivity contribution in [1.29, 1.82) is 0 Å². The molecule has 0 amide bonds. The van der Waals surface area contributed by atoms with E-state index in [0.717, 1.165) is 10.8 Å². The van der Waals surface area contributed by atoms with Gasteiger partial charge in [0.1, 0.15) is 6.54 Å². The molecule has 1 aromatic rings.